The molecule has 1 amide bonds. The lowest BCUT2D eigenvalue weighted by atomic mass is 10.1. The molecule has 1 atom stereocenters. The smallest absolute Gasteiger partial charge is 0.303 e. The summed E-state index contributed by atoms with van der Waals surface area (Å²) in [5.41, 5.74) is 1.31. The molecule has 0 saturated heterocycles. The minimum Gasteiger partial charge on any atom is -0.481 e. The molecule has 6 heteroatoms. The summed E-state index contributed by atoms with van der Waals surface area (Å²) in [6.45, 7) is 3.73. The van der Waals surface area contributed by atoms with E-state index in [2.05, 4.69) is 10.4 Å². The van der Waals surface area contributed by atoms with Gasteiger partial charge in [-0.15, -0.1) is 0 Å². The van der Waals surface area contributed by atoms with Crippen LogP contribution in [0.1, 0.15) is 42.7 Å². The number of aryl methyl sites for hydroxylation is 2. The lowest BCUT2D eigenvalue weighted by Gasteiger charge is -2.12. The fourth-order valence-electron chi connectivity index (χ4n) is 1.70. The minimum atomic E-state index is -0.855. The van der Waals surface area contributed by atoms with Crippen LogP contribution in [0.4, 0.5) is 0 Å². The van der Waals surface area contributed by atoms with Crippen LogP contribution in [-0.2, 0) is 18.3 Å². The van der Waals surface area contributed by atoms with Crippen molar-refractivity contribution in [3.8, 4) is 0 Å². The Hall–Kier alpha value is -1.85. The van der Waals surface area contributed by atoms with Crippen molar-refractivity contribution in [3.63, 3.8) is 0 Å². The fourth-order valence-corrected chi connectivity index (χ4v) is 1.70. The zero-order chi connectivity index (χ0) is 13.7. The normalized spacial score (nSPS) is 12.2. The lowest BCUT2D eigenvalue weighted by Crippen LogP contribution is -2.33. The number of amides is 1. The van der Waals surface area contributed by atoms with Crippen molar-refractivity contribution in [2.75, 3.05) is 0 Å². The highest BCUT2D eigenvalue weighted by atomic mass is 16.4. The summed E-state index contributed by atoms with van der Waals surface area (Å²) in [6.07, 6.45) is 2.84. The van der Waals surface area contributed by atoms with Gasteiger partial charge in [0.2, 0.25) is 0 Å². The van der Waals surface area contributed by atoms with Crippen LogP contribution in [-0.4, -0.2) is 32.8 Å². The highest BCUT2D eigenvalue weighted by molar-refractivity contribution is 5.95. The predicted octanol–water partition coefficient (Wildman–Crippen LogP) is 0.966. The molecule has 0 spiro atoms. The van der Waals surface area contributed by atoms with Crippen LogP contribution in [0.2, 0.25) is 0 Å². The van der Waals surface area contributed by atoms with Crippen LogP contribution < -0.4 is 5.32 Å². The highest BCUT2D eigenvalue weighted by Crippen LogP contribution is 2.08. The van der Waals surface area contributed by atoms with Crippen LogP contribution in [0, 0.1) is 0 Å². The molecule has 0 aliphatic rings. The average Bonchev–Trinajstić information content (AvgIpc) is 2.68. The Morgan fingerprint density at radius 3 is 2.78 bits per heavy atom. The van der Waals surface area contributed by atoms with E-state index >= 15 is 0 Å². The molecular formula is C12H19N3O3. The van der Waals surface area contributed by atoms with Crippen molar-refractivity contribution >= 4 is 11.9 Å². The highest BCUT2D eigenvalue weighted by Gasteiger charge is 2.16. The van der Waals surface area contributed by atoms with Gasteiger partial charge in [-0.25, -0.2) is 0 Å². The van der Waals surface area contributed by atoms with Gasteiger partial charge in [0.05, 0.1) is 11.3 Å². The molecule has 2 N–H and O–H groups in total. The Labute approximate surface area is 106 Å². The van der Waals surface area contributed by atoms with E-state index in [-0.39, 0.29) is 18.4 Å². The minimum absolute atomic E-state index is 0.0507. The molecule has 0 radical (unpaired) electrons. The molecule has 1 aromatic heterocycles. The summed E-state index contributed by atoms with van der Waals surface area (Å²) < 4.78 is 1.61. The van der Waals surface area contributed by atoms with Gasteiger partial charge < -0.3 is 10.4 Å². The molecular weight excluding hydrogens is 234 g/mol. The summed E-state index contributed by atoms with van der Waals surface area (Å²) >= 11 is 0. The molecule has 6 nitrogen and oxygen atoms in total. The number of hydrogen-bond acceptors (Lipinski definition) is 3. The second-order valence-corrected chi connectivity index (χ2v) is 4.32. The quantitative estimate of drug-likeness (QED) is 0.791. The number of carboxylic acid groups (broad SMARTS) is 1. The van der Waals surface area contributed by atoms with Crippen LogP contribution in [0.15, 0.2) is 6.20 Å². The van der Waals surface area contributed by atoms with Gasteiger partial charge >= 0.3 is 5.97 Å². The molecule has 0 saturated carbocycles. The standard InChI is InChI=1S/C12H19N3O3/c1-4-10-9(7-15(3)14-10)12(18)13-8(2)5-6-11(16)17/h7-8H,4-6H2,1-3H3,(H,13,18)(H,16,17). The van der Waals surface area contributed by atoms with Gasteiger partial charge in [-0.2, -0.15) is 5.10 Å². The SMILES string of the molecule is CCc1nn(C)cc1C(=O)NC(C)CCC(=O)O. The lowest BCUT2D eigenvalue weighted by molar-refractivity contribution is -0.137. The maximum Gasteiger partial charge on any atom is 0.303 e. The zero-order valence-electron chi connectivity index (χ0n) is 10.9. The number of rotatable bonds is 6. The third-order valence-corrected chi connectivity index (χ3v) is 2.65. The van der Waals surface area contributed by atoms with Crippen molar-refractivity contribution in [3.05, 3.63) is 17.5 Å². The molecule has 100 valence electrons. The van der Waals surface area contributed by atoms with Crippen molar-refractivity contribution in [2.24, 2.45) is 7.05 Å². The summed E-state index contributed by atoms with van der Waals surface area (Å²) in [6, 6.07) is -0.168. The van der Waals surface area contributed by atoms with Gasteiger partial charge in [0.25, 0.3) is 5.91 Å². The van der Waals surface area contributed by atoms with E-state index < -0.39 is 5.97 Å². The number of carbonyl (C=O) groups excluding carboxylic acids is 1. The van der Waals surface area contributed by atoms with E-state index in [4.69, 9.17) is 5.11 Å². The number of aliphatic carboxylic acids is 1. The molecule has 0 bridgehead atoms. The maximum absolute atomic E-state index is 12.0. The number of nitrogens with zero attached hydrogens (tertiary/aromatic N) is 2. The second-order valence-electron chi connectivity index (χ2n) is 4.32. The Kier molecular flexibility index (Phi) is 4.88. The Morgan fingerprint density at radius 2 is 2.22 bits per heavy atom. The van der Waals surface area contributed by atoms with Crippen LogP contribution in [0.25, 0.3) is 0 Å². The summed E-state index contributed by atoms with van der Waals surface area (Å²) in [5, 5.41) is 15.6. The average molecular weight is 253 g/mol. The Morgan fingerprint density at radius 1 is 1.56 bits per heavy atom. The summed E-state index contributed by atoms with van der Waals surface area (Å²) in [7, 11) is 1.77. The van der Waals surface area contributed by atoms with Gasteiger partial charge in [-0.1, -0.05) is 6.92 Å². The summed E-state index contributed by atoms with van der Waals surface area (Å²) in [4.78, 5) is 22.4. The van der Waals surface area contributed by atoms with E-state index in [9.17, 15) is 9.59 Å². The Balaban J connectivity index is 2.61. The fraction of sp³-hybridized carbons (Fsp3) is 0.583. The van der Waals surface area contributed by atoms with E-state index in [1.165, 1.54) is 0 Å². The molecule has 0 aliphatic heterocycles. The van der Waals surface area contributed by atoms with Gasteiger partial charge in [0, 0.05) is 25.7 Å². The van der Waals surface area contributed by atoms with Gasteiger partial charge in [0.15, 0.2) is 0 Å². The molecule has 18 heavy (non-hydrogen) atoms. The molecule has 1 heterocycles. The topological polar surface area (TPSA) is 84.2 Å². The maximum atomic E-state index is 12.0. The third-order valence-electron chi connectivity index (χ3n) is 2.65. The summed E-state index contributed by atoms with van der Waals surface area (Å²) in [5.74, 6) is -1.05. The van der Waals surface area contributed by atoms with Crippen molar-refractivity contribution in [1.29, 1.82) is 0 Å². The third kappa shape index (κ3) is 3.87. The first-order chi connectivity index (χ1) is 8.43. The van der Waals surface area contributed by atoms with E-state index in [1.807, 2.05) is 6.92 Å². The van der Waals surface area contributed by atoms with Crippen molar-refractivity contribution in [1.82, 2.24) is 15.1 Å². The molecule has 1 rings (SSSR count). The number of aromatic nitrogens is 2. The van der Waals surface area contributed by atoms with Gasteiger partial charge in [-0.05, 0) is 19.8 Å². The van der Waals surface area contributed by atoms with E-state index in [1.54, 1.807) is 24.9 Å². The first-order valence-corrected chi connectivity index (χ1v) is 5.99. The van der Waals surface area contributed by atoms with Crippen molar-refractivity contribution in [2.45, 2.75) is 39.2 Å². The number of hydrogen-bond donors (Lipinski definition) is 2. The molecule has 0 aromatic carbocycles. The van der Waals surface area contributed by atoms with Crippen LogP contribution in [0.3, 0.4) is 0 Å². The van der Waals surface area contributed by atoms with Crippen LogP contribution in [0.5, 0.6) is 0 Å². The largest absolute Gasteiger partial charge is 0.481 e. The van der Waals surface area contributed by atoms with Crippen LogP contribution >= 0.6 is 0 Å². The number of carbonyl (C=O) groups is 2. The monoisotopic (exact) mass is 253 g/mol. The van der Waals surface area contributed by atoms with Gasteiger partial charge in [0.1, 0.15) is 0 Å². The van der Waals surface area contributed by atoms with Crippen molar-refractivity contribution < 1.29 is 14.7 Å². The number of nitrogens with one attached hydrogen (secondary N) is 1. The van der Waals surface area contributed by atoms with E-state index in [0.29, 0.717) is 18.4 Å². The first kappa shape index (κ1) is 14.2. The zero-order valence-corrected chi connectivity index (χ0v) is 10.9. The second kappa shape index (κ2) is 6.18. The molecule has 0 fully saturated rings. The first-order valence-electron chi connectivity index (χ1n) is 5.99. The predicted molar refractivity (Wildman–Crippen MR) is 66.4 cm³/mol. The molecule has 1 aromatic rings. The molecule has 0 aliphatic carbocycles. The van der Waals surface area contributed by atoms with E-state index in [0.717, 1.165) is 5.69 Å². The van der Waals surface area contributed by atoms with Gasteiger partial charge in [-0.3, -0.25) is 14.3 Å². The number of carboxylic acids is 1. The Bertz CT molecular complexity index is 440. The molecule has 1 unspecified atom stereocenters.